The van der Waals surface area contributed by atoms with Crippen LogP contribution in [0.15, 0.2) is 71.6 Å². The number of nitrogens with one attached hydrogen (secondary N) is 2. The number of aryl methyl sites for hydroxylation is 2. The molecule has 0 saturated heterocycles. The SMILES string of the molecule is CCOC(=O)COc1cccc(NC(=O)c2cc(S(=O)(=O)Nc3cccc(C)c3)ccc2C)c1. The van der Waals surface area contributed by atoms with Crippen LogP contribution in [0.25, 0.3) is 0 Å². The first-order valence-corrected chi connectivity index (χ1v) is 12.1. The Bertz CT molecular complexity index is 1300. The van der Waals surface area contributed by atoms with Crippen LogP contribution < -0.4 is 14.8 Å². The van der Waals surface area contributed by atoms with Gasteiger partial charge in [0.25, 0.3) is 15.9 Å². The Morgan fingerprint density at radius 3 is 2.38 bits per heavy atom. The number of benzene rings is 3. The summed E-state index contributed by atoms with van der Waals surface area (Å²) in [5.41, 5.74) is 2.60. The molecule has 3 aromatic rings. The Balaban J connectivity index is 1.76. The number of hydrogen-bond donors (Lipinski definition) is 2. The lowest BCUT2D eigenvalue weighted by Gasteiger charge is -2.13. The number of hydrogen-bond acceptors (Lipinski definition) is 6. The Morgan fingerprint density at radius 2 is 1.65 bits per heavy atom. The van der Waals surface area contributed by atoms with Crippen LogP contribution in [-0.4, -0.2) is 33.5 Å². The summed E-state index contributed by atoms with van der Waals surface area (Å²) < 4.78 is 38.5. The summed E-state index contributed by atoms with van der Waals surface area (Å²) in [5.74, 6) is -0.598. The van der Waals surface area contributed by atoms with Gasteiger partial charge in [-0.1, -0.05) is 24.3 Å². The van der Waals surface area contributed by atoms with Crippen molar-refractivity contribution in [2.45, 2.75) is 25.7 Å². The van der Waals surface area contributed by atoms with E-state index in [-0.39, 0.29) is 23.7 Å². The molecule has 3 aromatic carbocycles. The molecule has 1 amide bonds. The van der Waals surface area contributed by atoms with E-state index in [9.17, 15) is 18.0 Å². The maximum atomic E-state index is 12.9. The highest BCUT2D eigenvalue weighted by molar-refractivity contribution is 7.92. The molecule has 0 spiro atoms. The number of sulfonamides is 1. The molecule has 0 radical (unpaired) electrons. The standard InChI is InChI=1S/C25H26N2O6S/c1-4-32-24(28)16-33-21-10-6-8-19(14-21)26-25(29)23-15-22(12-11-18(23)3)34(30,31)27-20-9-5-7-17(2)13-20/h5-15,27H,4,16H2,1-3H3,(H,26,29). The highest BCUT2D eigenvalue weighted by Crippen LogP contribution is 2.22. The van der Waals surface area contributed by atoms with Crippen LogP contribution in [0.2, 0.25) is 0 Å². The predicted molar refractivity (Wildman–Crippen MR) is 130 cm³/mol. The number of amides is 1. The van der Waals surface area contributed by atoms with E-state index in [1.54, 1.807) is 62.4 Å². The van der Waals surface area contributed by atoms with Gasteiger partial charge in [0.2, 0.25) is 0 Å². The largest absolute Gasteiger partial charge is 0.482 e. The van der Waals surface area contributed by atoms with Crippen molar-refractivity contribution in [1.82, 2.24) is 0 Å². The summed E-state index contributed by atoms with van der Waals surface area (Å²) in [5, 5.41) is 2.74. The summed E-state index contributed by atoms with van der Waals surface area (Å²) in [6.07, 6.45) is 0. The Hall–Kier alpha value is -3.85. The highest BCUT2D eigenvalue weighted by atomic mass is 32.2. The van der Waals surface area contributed by atoms with E-state index in [1.807, 2.05) is 13.0 Å². The molecule has 0 bridgehead atoms. The van der Waals surface area contributed by atoms with Gasteiger partial charge >= 0.3 is 5.97 Å². The van der Waals surface area contributed by atoms with E-state index in [1.165, 1.54) is 12.1 Å². The lowest BCUT2D eigenvalue weighted by Crippen LogP contribution is -2.17. The second-order valence-corrected chi connectivity index (χ2v) is 9.21. The first kappa shape index (κ1) is 24.8. The topological polar surface area (TPSA) is 111 Å². The zero-order valence-electron chi connectivity index (χ0n) is 19.1. The van der Waals surface area contributed by atoms with Gasteiger partial charge in [0.05, 0.1) is 11.5 Å². The molecule has 34 heavy (non-hydrogen) atoms. The predicted octanol–water partition coefficient (Wildman–Crippen LogP) is 4.30. The van der Waals surface area contributed by atoms with Gasteiger partial charge in [-0.25, -0.2) is 13.2 Å². The van der Waals surface area contributed by atoms with Crippen molar-refractivity contribution in [2.24, 2.45) is 0 Å². The van der Waals surface area contributed by atoms with E-state index >= 15 is 0 Å². The van der Waals surface area contributed by atoms with Gasteiger partial charge in [-0.05, 0) is 68.3 Å². The van der Waals surface area contributed by atoms with Crippen molar-refractivity contribution >= 4 is 33.3 Å². The van der Waals surface area contributed by atoms with E-state index < -0.39 is 21.9 Å². The van der Waals surface area contributed by atoms with Crippen LogP contribution in [0, 0.1) is 13.8 Å². The van der Waals surface area contributed by atoms with Crippen molar-refractivity contribution in [3.05, 3.63) is 83.4 Å². The van der Waals surface area contributed by atoms with E-state index in [4.69, 9.17) is 9.47 Å². The number of esters is 1. The molecule has 0 aromatic heterocycles. The van der Waals surface area contributed by atoms with Gasteiger partial charge in [0.15, 0.2) is 6.61 Å². The maximum Gasteiger partial charge on any atom is 0.344 e. The van der Waals surface area contributed by atoms with Gasteiger partial charge in [-0.2, -0.15) is 0 Å². The Kier molecular flexibility index (Phi) is 7.91. The number of carbonyl (C=O) groups is 2. The molecule has 0 aliphatic rings. The summed E-state index contributed by atoms with van der Waals surface area (Å²) in [6, 6.07) is 17.9. The fourth-order valence-corrected chi connectivity index (χ4v) is 4.22. The minimum atomic E-state index is -3.90. The molecule has 9 heteroatoms. The van der Waals surface area contributed by atoms with Gasteiger partial charge < -0.3 is 14.8 Å². The second-order valence-electron chi connectivity index (χ2n) is 7.53. The molecule has 0 heterocycles. The monoisotopic (exact) mass is 482 g/mol. The summed E-state index contributed by atoms with van der Waals surface area (Å²) in [4.78, 5) is 24.4. The number of anilines is 2. The van der Waals surface area contributed by atoms with Crippen molar-refractivity contribution < 1.29 is 27.5 Å². The van der Waals surface area contributed by atoms with Crippen LogP contribution in [-0.2, 0) is 19.6 Å². The van der Waals surface area contributed by atoms with Crippen molar-refractivity contribution in [1.29, 1.82) is 0 Å². The molecule has 0 aliphatic heterocycles. The molecular formula is C25H26N2O6S. The van der Waals surface area contributed by atoms with E-state index in [0.29, 0.717) is 22.7 Å². The summed E-state index contributed by atoms with van der Waals surface area (Å²) in [6.45, 7) is 5.29. The smallest absolute Gasteiger partial charge is 0.344 e. The third-order valence-corrected chi connectivity index (χ3v) is 6.17. The highest BCUT2D eigenvalue weighted by Gasteiger charge is 2.19. The number of carbonyl (C=O) groups excluding carboxylic acids is 2. The fraction of sp³-hybridized carbons (Fsp3) is 0.200. The minimum absolute atomic E-state index is 0.0312. The second kappa shape index (κ2) is 10.8. The molecular weight excluding hydrogens is 456 g/mol. The van der Waals surface area contributed by atoms with Crippen molar-refractivity contribution in [3.8, 4) is 5.75 Å². The molecule has 2 N–H and O–H groups in total. The normalized spacial score (nSPS) is 10.9. The Morgan fingerprint density at radius 1 is 0.912 bits per heavy atom. The molecule has 0 atom stereocenters. The summed E-state index contributed by atoms with van der Waals surface area (Å²) >= 11 is 0. The third-order valence-electron chi connectivity index (χ3n) is 4.79. The van der Waals surface area contributed by atoms with Crippen LogP contribution >= 0.6 is 0 Å². The first-order valence-electron chi connectivity index (χ1n) is 10.6. The molecule has 0 unspecified atom stereocenters. The molecule has 0 saturated carbocycles. The van der Waals surface area contributed by atoms with Crippen LogP contribution in [0.4, 0.5) is 11.4 Å². The van der Waals surface area contributed by atoms with Crippen molar-refractivity contribution in [3.63, 3.8) is 0 Å². The van der Waals surface area contributed by atoms with E-state index in [0.717, 1.165) is 5.56 Å². The zero-order chi connectivity index (χ0) is 24.7. The van der Waals surface area contributed by atoms with Crippen LogP contribution in [0.1, 0.15) is 28.4 Å². The van der Waals surface area contributed by atoms with Gasteiger partial charge in [-0.3, -0.25) is 9.52 Å². The average molecular weight is 483 g/mol. The average Bonchev–Trinajstić information content (AvgIpc) is 2.78. The molecule has 0 fully saturated rings. The number of rotatable bonds is 9. The quantitative estimate of drug-likeness (QED) is 0.440. The maximum absolute atomic E-state index is 12.9. The van der Waals surface area contributed by atoms with Gasteiger partial charge in [-0.15, -0.1) is 0 Å². The minimum Gasteiger partial charge on any atom is -0.482 e. The Labute approximate surface area is 199 Å². The molecule has 178 valence electrons. The lowest BCUT2D eigenvalue weighted by atomic mass is 10.1. The first-order chi connectivity index (χ1) is 16.2. The van der Waals surface area contributed by atoms with Crippen LogP contribution in [0.5, 0.6) is 5.75 Å². The van der Waals surface area contributed by atoms with E-state index in [2.05, 4.69) is 10.0 Å². The fourth-order valence-electron chi connectivity index (χ4n) is 3.14. The number of ether oxygens (including phenoxy) is 2. The lowest BCUT2D eigenvalue weighted by molar-refractivity contribution is -0.145. The van der Waals surface area contributed by atoms with Crippen LogP contribution in [0.3, 0.4) is 0 Å². The van der Waals surface area contributed by atoms with Gasteiger partial charge in [0.1, 0.15) is 5.75 Å². The molecule has 8 nitrogen and oxygen atoms in total. The molecule has 0 aliphatic carbocycles. The third kappa shape index (κ3) is 6.58. The van der Waals surface area contributed by atoms with Gasteiger partial charge in [0, 0.05) is 23.0 Å². The van der Waals surface area contributed by atoms with Crippen molar-refractivity contribution in [2.75, 3.05) is 23.3 Å². The zero-order valence-corrected chi connectivity index (χ0v) is 19.9. The summed E-state index contributed by atoms with van der Waals surface area (Å²) in [7, 11) is -3.90. The molecule has 3 rings (SSSR count).